The van der Waals surface area contributed by atoms with Gasteiger partial charge in [0.2, 0.25) is 0 Å². The Hall–Kier alpha value is -2.63. The van der Waals surface area contributed by atoms with E-state index in [0.29, 0.717) is 23.6 Å². The third kappa shape index (κ3) is 5.32. The molecule has 1 aromatic carbocycles. The Labute approximate surface area is 252 Å². The molecule has 1 atom stereocenters. The van der Waals surface area contributed by atoms with E-state index >= 15 is 0 Å². The summed E-state index contributed by atoms with van der Waals surface area (Å²) in [5.74, 6) is 0.418. The van der Waals surface area contributed by atoms with Crippen molar-refractivity contribution in [2.45, 2.75) is 67.8 Å². The third-order valence-electron chi connectivity index (χ3n) is 9.48. The van der Waals surface area contributed by atoms with E-state index in [0.717, 1.165) is 80.2 Å². The molecule has 5 heterocycles. The number of nitrogens with zero attached hydrogens (tertiary/aromatic N) is 5. The number of likely N-dealkylation sites (tertiary alicyclic amines) is 1. The average Bonchev–Trinajstić information content (AvgIpc) is 3.71. The van der Waals surface area contributed by atoms with Crippen LogP contribution in [0.2, 0.25) is 0 Å². The monoisotopic (exact) mass is 605 g/mol. The molecule has 4 aromatic rings. The molecule has 3 aliphatic rings. The second kappa shape index (κ2) is 11.8. The smallest absolute Gasteiger partial charge is 0.269 e. The zero-order valence-corrected chi connectivity index (χ0v) is 25.8. The van der Waals surface area contributed by atoms with Crippen molar-refractivity contribution in [1.82, 2.24) is 23.7 Å². The predicted molar refractivity (Wildman–Crippen MR) is 166 cm³/mol. The summed E-state index contributed by atoms with van der Waals surface area (Å²) in [6.07, 6.45) is 11.6. The number of aromatic nitrogens is 3. The SMILES string of the molecule is CN1CCCC1c1nc(-c2cn(S(=O)(=O)c3ccccc3)c3ncc([C@H]4CC[C@H](N5CCCOCC5)CC4)cc23)cs1. The van der Waals surface area contributed by atoms with Crippen LogP contribution in [0.15, 0.2) is 59.1 Å². The van der Waals surface area contributed by atoms with Gasteiger partial charge in [-0.25, -0.2) is 22.4 Å². The Kier molecular flexibility index (Phi) is 7.92. The van der Waals surface area contributed by atoms with Crippen molar-refractivity contribution in [3.8, 4) is 11.3 Å². The lowest BCUT2D eigenvalue weighted by atomic mass is 9.81. The fraction of sp³-hybridized carbons (Fsp3) is 0.500. The molecule has 1 unspecified atom stereocenters. The van der Waals surface area contributed by atoms with Crippen molar-refractivity contribution in [2.24, 2.45) is 0 Å². The summed E-state index contributed by atoms with van der Waals surface area (Å²) in [6.45, 7) is 4.94. The van der Waals surface area contributed by atoms with Crippen LogP contribution in [0.3, 0.4) is 0 Å². The molecular formula is C32H39N5O3S2. The maximum Gasteiger partial charge on any atom is 0.269 e. The van der Waals surface area contributed by atoms with Gasteiger partial charge in [-0.2, -0.15) is 0 Å². The van der Waals surface area contributed by atoms with E-state index in [1.54, 1.807) is 41.8 Å². The third-order valence-corrected chi connectivity index (χ3v) is 12.1. The Bertz CT molecular complexity index is 1640. The van der Waals surface area contributed by atoms with Gasteiger partial charge in [0.25, 0.3) is 10.0 Å². The van der Waals surface area contributed by atoms with Crippen molar-refractivity contribution in [3.63, 3.8) is 0 Å². The molecule has 8 nitrogen and oxygen atoms in total. The van der Waals surface area contributed by atoms with Gasteiger partial charge >= 0.3 is 0 Å². The fourth-order valence-corrected chi connectivity index (χ4v) is 9.47. The van der Waals surface area contributed by atoms with E-state index in [-0.39, 0.29) is 4.90 Å². The molecule has 3 fully saturated rings. The number of hydrogen-bond acceptors (Lipinski definition) is 8. The second-order valence-electron chi connectivity index (χ2n) is 12.0. The lowest BCUT2D eigenvalue weighted by Crippen LogP contribution is -2.39. The maximum absolute atomic E-state index is 13.8. The number of thiazole rings is 1. The molecule has 0 radical (unpaired) electrons. The summed E-state index contributed by atoms with van der Waals surface area (Å²) in [7, 11) is -1.67. The van der Waals surface area contributed by atoms with Gasteiger partial charge in [0.1, 0.15) is 5.01 Å². The van der Waals surface area contributed by atoms with Gasteiger partial charge in [0, 0.05) is 54.5 Å². The van der Waals surface area contributed by atoms with Gasteiger partial charge in [-0.3, -0.25) is 9.80 Å². The molecule has 222 valence electrons. The normalized spacial score (nSPS) is 24.7. The molecule has 42 heavy (non-hydrogen) atoms. The zero-order chi connectivity index (χ0) is 28.7. The van der Waals surface area contributed by atoms with E-state index in [2.05, 4.69) is 28.3 Å². The second-order valence-corrected chi connectivity index (χ2v) is 14.7. The highest BCUT2D eigenvalue weighted by molar-refractivity contribution is 7.90. The molecule has 2 saturated heterocycles. The summed E-state index contributed by atoms with van der Waals surface area (Å²) in [4.78, 5) is 15.1. The lowest BCUT2D eigenvalue weighted by Gasteiger charge is -2.36. The Balaban J connectivity index is 1.24. The van der Waals surface area contributed by atoms with Crippen molar-refractivity contribution < 1.29 is 13.2 Å². The van der Waals surface area contributed by atoms with Gasteiger partial charge in [0.05, 0.1) is 23.2 Å². The number of hydrogen-bond donors (Lipinski definition) is 0. The van der Waals surface area contributed by atoms with Gasteiger partial charge in [-0.1, -0.05) is 18.2 Å². The summed E-state index contributed by atoms with van der Waals surface area (Å²) in [6, 6.07) is 11.8. The van der Waals surface area contributed by atoms with Gasteiger partial charge in [0.15, 0.2) is 5.65 Å². The number of rotatable bonds is 6. The number of pyridine rings is 1. The standard InChI is InChI=1S/C32H39N5O3S2/c1-35-14-5-9-30(35)32-34-29(22-41-32)28-21-37(42(38,39)26-7-3-2-4-8-26)31-27(28)19-24(20-33-31)23-10-12-25(13-11-23)36-15-6-17-40-18-16-36/h2-4,7-8,19-23,25,30H,5-6,9-18H2,1H3/t23-,25-,30?. The first kappa shape index (κ1) is 28.2. The highest BCUT2D eigenvalue weighted by atomic mass is 32.2. The maximum atomic E-state index is 13.8. The van der Waals surface area contributed by atoms with E-state index in [4.69, 9.17) is 14.7 Å². The van der Waals surface area contributed by atoms with Gasteiger partial charge in [-0.05, 0) is 88.2 Å². The van der Waals surface area contributed by atoms with Gasteiger partial charge in [-0.15, -0.1) is 11.3 Å². The summed E-state index contributed by atoms with van der Waals surface area (Å²) in [5, 5.41) is 4.03. The average molecular weight is 606 g/mol. The van der Waals surface area contributed by atoms with E-state index in [1.807, 2.05) is 12.3 Å². The van der Waals surface area contributed by atoms with Crippen LogP contribution in [-0.2, 0) is 14.8 Å². The molecule has 7 rings (SSSR count). The lowest BCUT2D eigenvalue weighted by molar-refractivity contribution is 0.118. The van der Waals surface area contributed by atoms with Crippen LogP contribution in [0.4, 0.5) is 0 Å². The first-order chi connectivity index (χ1) is 20.5. The van der Waals surface area contributed by atoms with E-state index in [9.17, 15) is 8.42 Å². The van der Waals surface area contributed by atoms with Crippen LogP contribution in [-0.4, -0.2) is 78.1 Å². The quantitative estimate of drug-likeness (QED) is 0.270. The number of benzene rings is 1. The molecule has 0 N–H and O–H groups in total. The zero-order valence-electron chi connectivity index (χ0n) is 24.2. The first-order valence-electron chi connectivity index (χ1n) is 15.3. The molecule has 3 aromatic heterocycles. The van der Waals surface area contributed by atoms with Crippen molar-refractivity contribution in [2.75, 3.05) is 39.9 Å². The molecule has 2 aliphatic heterocycles. The highest BCUT2D eigenvalue weighted by Gasteiger charge is 2.30. The minimum absolute atomic E-state index is 0.253. The summed E-state index contributed by atoms with van der Waals surface area (Å²) < 4.78 is 34.7. The molecule has 0 amide bonds. The topological polar surface area (TPSA) is 80.6 Å². The molecular weight excluding hydrogens is 567 g/mol. The van der Waals surface area contributed by atoms with Crippen LogP contribution >= 0.6 is 11.3 Å². The molecule has 10 heteroatoms. The number of ether oxygens (including phenoxy) is 1. The van der Waals surface area contributed by atoms with Gasteiger partial charge < -0.3 is 4.74 Å². The minimum atomic E-state index is -3.82. The Morgan fingerprint density at radius 1 is 0.976 bits per heavy atom. The Morgan fingerprint density at radius 2 is 1.81 bits per heavy atom. The van der Waals surface area contributed by atoms with Crippen LogP contribution in [0, 0.1) is 0 Å². The van der Waals surface area contributed by atoms with Crippen molar-refractivity contribution in [1.29, 1.82) is 0 Å². The Morgan fingerprint density at radius 3 is 2.60 bits per heavy atom. The minimum Gasteiger partial charge on any atom is -0.380 e. The summed E-state index contributed by atoms with van der Waals surface area (Å²) >= 11 is 1.67. The molecule has 1 saturated carbocycles. The fourth-order valence-electron chi connectivity index (χ4n) is 7.10. The largest absolute Gasteiger partial charge is 0.380 e. The first-order valence-corrected chi connectivity index (χ1v) is 17.6. The van der Waals surface area contributed by atoms with Crippen LogP contribution in [0.1, 0.15) is 67.5 Å². The summed E-state index contributed by atoms with van der Waals surface area (Å²) in [5.41, 5.74) is 3.32. The van der Waals surface area contributed by atoms with Crippen LogP contribution in [0.25, 0.3) is 22.3 Å². The van der Waals surface area contributed by atoms with E-state index < -0.39 is 10.0 Å². The molecule has 1 aliphatic carbocycles. The molecule has 0 bridgehead atoms. The van der Waals surface area contributed by atoms with Crippen molar-refractivity contribution in [3.05, 3.63) is 64.7 Å². The van der Waals surface area contributed by atoms with E-state index in [1.165, 1.54) is 28.8 Å². The number of fused-ring (bicyclic) bond motifs is 1. The molecule has 0 spiro atoms. The highest BCUT2D eigenvalue weighted by Crippen LogP contribution is 2.40. The predicted octanol–water partition coefficient (Wildman–Crippen LogP) is 5.91. The van der Waals surface area contributed by atoms with Crippen LogP contribution < -0.4 is 0 Å². The van der Waals surface area contributed by atoms with Crippen LogP contribution in [0.5, 0.6) is 0 Å². The van der Waals surface area contributed by atoms with Crippen molar-refractivity contribution >= 4 is 32.4 Å².